The first-order chi connectivity index (χ1) is 10.2. The molecule has 4 N–H and O–H groups in total. The molecule has 0 saturated heterocycles. The molecule has 0 spiro atoms. The van der Waals surface area contributed by atoms with Gasteiger partial charge in [-0.25, -0.2) is 0 Å². The summed E-state index contributed by atoms with van der Waals surface area (Å²) in [6, 6.07) is 11.3. The Hall–Kier alpha value is -1.73. The van der Waals surface area contributed by atoms with E-state index < -0.39 is 31.3 Å². The highest BCUT2D eigenvalue weighted by atomic mass is 32.1. The zero-order chi connectivity index (χ0) is 15.3. The van der Waals surface area contributed by atoms with Crippen molar-refractivity contribution in [3.8, 4) is 11.1 Å². The average molecular weight is 307 g/mol. The monoisotopic (exact) mass is 307 g/mol. The fourth-order valence-electron chi connectivity index (χ4n) is 1.90. The van der Waals surface area contributed by atoms with Crippen molar-refractivity contribution in [1.29, 1.82) is 0 Å². The topological polar surface area (TPSA) is 89.8 Å². The second kappa shape index (κ2) is 6.82. The summed E-state index contributed by atoms with van der Waals surface area (Å²) in [4.78, 5) is 12.8. The predicted molar refractivity (Wildman–Crippen MR) is 81.2 cm³/mol. The van der Waals surface area contributed by atoms with Crippen molar-refractivity contribution in [3.63, 3.8) is 0 Å². The molecule has 1 heterocycles. The van der Waals surface area contributed by atoms with Gasteiger partial charge in [-0.3, -0.25) is 4.79 Å². The maximum atomic E-state index is 12.4. The fourth-order valence-corrected chi connectivity index (χ4v) is 2.71. The number of hydrogen-bond donors (Lipinski definition) is 4. The van der Waals surface area contributed by atoms with Gasteiger partial charge in [0.1, 0.15) is 5.54 Å². The second-order valence-electron chi connectivity index (χ2n) is 4.74. The number of rotatable bonds is 6. The summed E-state index contributed by atoms with van der Waals surface area (Å²) in [5.74, 6) is -0.430. The summed E-state index contributed by atoms with van der Waals surface area (Å²) >= 11 is 1.27. The largest absolute Gasteiger partial charge is 0.394 e. The van der Waals surface area contributed by atoms with E-state index in [1.54, 1.807) is 5.38 Å². The third-order valence-corrected chi connectivity index (χ3v) is 4.16. The average Bonchev–Trinajstić information content (AvgIpc) is 3.03. The summed E-state index contributed by atoms with van der Waals surface area (Å²) in [5, 5.41) is 32.1. The number of thiophene rings is 1. The Kier molecular flexibility index (Phi) is 5.08. The summed E-state index contributed by atoms with van der Waals surface area (Å²) < 4.78 is 0. The van der Waals surface area contributed by atoms with Gasteiger partial charge < -0.3 is 20.6 Å². The van der Waals surface area contributed by atoms with Crippen LogP contribution in [-0.2, 0) is 0 Å². The van der Waals surface area contributed by atoms with Crippen LogP contribution >= 0.6 is 11.3 Å². The van der Waals surface area contributed by atoms with E-state index in [1.165, 1.54) is 11.3 Å². The van der Waals surface area contributed by atoms with Crippen molar-refractivity contribution in [2.75, 3.05) is 19.8 Å². The SMILES string of the molecule is O=C(NC(CO)(CO)CO)c1sccc1-c1ccccc1. The van der Waals surface area contributed by atoms with Crippen LogP contribution in [0.5, 0.6) is 0 Å². The Morgan fingerprint density at radius 3 is 2.24 bits per heavy atom. The number of amides is 1. The van der Waals surface area contributed by atoms with Crippen molar-refractivity contribution in [1.82, 2.24) is 5.32 Å². The lowest BCUT2D eigenvalue weighted by Gasteiger charge is -2.28. The molecule has 1 aromatic heterocycles. The Bertz CT molecular complexity index is 584. The molecule has 0 bridgehead atoms. The van der Waals surface area contributed by atoms with Gasteiger partial charge in [0.15, 0.2) is 0 Å². The van der Waals surface area contributed by atoms with Crippen LogP contribution in [0.1, 0.15) is 9.67 Å². The third-order valence-electron chi connectivity index (χ3n) is 3.24. The molecule has 0 aliphatic heterocycles. The van der Waals surface area contributed by atoms with Crippen molar-refractivity contribution < 1.29 is 20.1 Å². The van der Waals surface area contributed by atoms with E-state index in [2.05, 4.69) is 5.32 Å². The van der Waals surface area contributed by atoms with Gasteiger partial charge in [-0.2, -0.15) is 0 Å². The molecule has 0 saturated carbocycles. The molecule has 0 atom stereocenters. The molecule has 6 heteroatoms. The Morgan fingerprint density at radius 1 is 1.05 bits per heavy atom. The van der Waals surface area contributed by atoms with E-state index in [0.29, 0.717) is 4.88 Å². The van der Waals surface area contributed by atoms with Crippen molar-refractivity contribution in [2.45, 2.75) is 5.54 Å². The van der Waals surface area contributed by atoms with E-state index in [1.807, 2.05) is 36.4 Å². The van der Waals surface area contributed by atoms with E-state index in [4.69, 9.17) is 0 Å². The smallest absolute Gasteiger partial charge is 0.262 e. The van der Waals surface area contributed by atoms with E-state index in [0.717, 1.165) is 11.1 Å². The summed E-state index contributed by atoms with van der Waals surface area (Å²) in [6.45, 7) is -1.63. The zero-order valence-corrected chi connectivity index (χ0v) is 12.1. The molecule has 2 aromatic rings. The van der Waals surface area contributed by atoms with Gasteiger partial charge in [-0.05, 0) is 17.0 Å². The zero-order valence-electron chi connectivity index (χ0n) is 11.3. The molecular weight excluding hydrogens is 290 g/mol. The Labute approximate surface area is 126 Å². The minimum atomic E-state index is -1.42. The minimum Gasteiger partial charge on any atom is -0.394 e. The first kappa shape index (κ1) is 15.7. The number of benzene rings is 1. The Balaban J connectivity index is 2.28. The van der Waals surface area contributed by atoms with Gasteiger partial charge in [0.2, 0.25) is 0 Å². The summed E-state index contributed by atoms with van der Waals surface area (Å²) in [5.41, 5.74) is 0.266. The fraction of sp³-hybridized carbons (Fsp3) is 0.267. The van der Waals surface area contributed by atoms with Crippen LogP contribution in [0.15, 0.2) is 41.8 Å². The van der Waals surface area contributed by atoms with Gasteiger partial charge in [0, 0.05) is 5.56 Å². The minimum absolute atomic E-state index is 0.430. The maximum absolute atomic E-state index is 12.4. The summed E-state index contributed by atoms with van der Waals surface area (Å²) in [6.07, 6.45) is 0. The lowest BCUT2D eigenvalue weighted by Crippen LogP contribution is -2.56. The van der Waals surface area contributed by atoms with Gasteiger partial charge in [0.05, 0.1) is 24.7 Å². The van der Waals surface area contributed by atoms with Gasteiger partial charge in [-0.15, -0.1) is 11.3 Å². The number of nitrogens with one attached hydrogen (secondary N) is 1. The van der Waals surface area contributed by atoms with E-state index in [-0.39, 0.29) is 0 Å². The van der Waals surface area contributed by atoms with Crippen LogP contribution in [0.2, 0.25) is 0 Å². The van der Waals surface area contributed by atoms with E-state index >= 15 is 0 Å². The molecule has 21 heavy (non-hydrogen) atoms. The van der Waals surface area contributed by atoms with Crippen LogP contribution in [0.3, 0.4) is 0 Å². The van der Waals surface area contributed by atoms with Crippen LogP contribution in [0.25, 0.3) is 11.1 Å². The first-order valence-corrected chi connectivity index (χ1v) is 7.32. The van der Waals surface area contributed by atoms with Crippen molar-refractivity contribution >= 4 is 17.2 Å². The van der Waals surface area contributed by atoms with Gasteiger partial charge in [-0.1, -0.05) is 30.3 Å². The number of aliphatic hydroxyl groups excluding tert-OH is 3. The molecule has 0 radical (unpaired) electrons. The normalized spacial score (nSPS) is 11.4. The molecule has 1 amide bonds. The highest BCUT2D eigenvalue weighted by molar-refractivity contribution is 7.12. The first-order valence-electron chi connectivity index (χ1n) is 6.44. The predicted octanol–water partition coefficient (Wildman–Crippen LogP) is 0.861. The number of carbonyl (C=O) groups is 1. The van der Waals surface area contributed by atoms with Crippen molar-refractivity contribution in [2.24, 2.45) is 0 Å². The number of carbonyl (C=O) groups excluding carboxylic acids is 1. The molecule has 0 aliphatic carbocycles. The maximum Gasteiger partial charge on any atom is 0.262 e. The van der Waals surface area contributed by atoms with Crippen LogP contribution in [-0.4, -0.2) is 46.6 Å². The van der Waals surface area contributed by atoms with E-state index in [9.17, 15) is 20.1 Å². The van der Waals surface area contributed by atoms with Crippen LogP contribution in [0, 0.1) is 0 Å². The highest BCUT2D eigenvalue weighted by Crippen LogP contribution is 2.28. The summed E-state index contributed by atoms with van der Waals surface area (Å²) in [7, 11) is 0. The van der Waals surface area contributed by atoms with Crippen molar-refractivity contribution in [3.05, 3.63) is 46.7 Å². The molecule has 5 nitrogen and oxygen atoms in total. The molecule has 0 fully saturated rings. The molecular formula is C15H17NO4S. The molecule has 0 aliphatic rings. The van der Waals surface area contributed by atoms with Crippen LogP contribution in [0.4, 0.5) is 0 Å². The molecule has 0 unspecified atom stereocenters. The number of aliphatic hydroxyl groups is 3. The number of hydrogen-bond acceptors (Lipinski definition) is 5. The van der Waals surface area contributed by atoms with Crippen LogP contribution < -0.4 is 5.32 Å². The lowest BCUT2D eigenvalue weighted by atomic mass is 10.0. The lowest BCUT2D eigenvalue weighted by molar-refractivity contribution is 0.0377. The standard InChI is InChI=1S/C15H17NO4S/c17-8-15(9-18,10-19)16-14(20)13-12(6-7-21-13)11-4-2-1-3-5-11/h1-7,17-19H,8-10H2,(H,16,20). The second-order valence-corrected chi connectivity index (χ2v) is 5.65. The third kappa shape index (κ3) is 3.30. The quantitative estimate of drug-likeness (QED) is 0.637. The molecule has 1 aromatic carbocycles. The Morgan fingerprint density at radius 2 is 1.67 bits per heavy atom. The van der Waals surface area contributed by atoms with Gasteiger partial charge >= 0.3 is 0 Å². The molecule has 2 rings (SSSR count). The highest BCUT2D eigenvalue weighted by Gasteiger charge is 2.31. The van der Waals surface area contributed by atoms with Gasteiger partial charge in [0.25, 0.3) is 5.91 Å². The molecule has 112 valence electrons.